The van der Waals surface area contributed by atoms with Crippen molar-refractivity contribution in [1.82, 2.24) is 10.5 Å². The van der Waals surface area contributed by atoms with Gasteiger partial charge in [-0.3, -0.25) is 0 Å². The van der Waals surface area contributed by atoms with Crippen molar-refractivity contribution < 1.29 is 14.1 Å². The van der Waals surface area contributed by atoms with E-state index in [2.05, 4.69) is 21.9 Å². The molecular formula is C23H21N3O3. The van der Waals surface area contributed by atoms with Gasteiger partial charge in [0.1, 0.15) is 17.2 Å². The fraction of sp³-hybridized carbons (Fsp3) is 0.130. The standard InChI is InChI=1S/C23H21N3O3/c27-23(24-16-21-15-22(26-29-21)17-7-3-1-4-8-17)25-18-11-13-20(14-12-18)28-19-9-5-2-6-10-19/h1-5,7-9,11-15H,6,10,16H2,(H2,24,25,27). The first-order valence-electron chi connectivity index (χ1n) is 9.46. The molecule has 2 aromatic carbocycles. The summed E-state index contributed by atoms with van der Waals surface area (Å²) >= 11 is 0. The molecule has 2 N–H and O–H groups in total. The SMILES string of the molecule is O=C(NCc1cc(-c2ccccc2)no1)Nc1ccc(OC2=CC=CCC2)cc1. The average Bonchev–Trinajstić information content (AvgIpc) is 3.24. The molecule has 29 heavy (non-hydrogen) atoms. The topological polar surface area (TPSA) is 76.4 Å². The lowest BCUT2D eigenvalue weighted by Gasteiger charge is -2.12. The maximum Gasteiger partial charge on any atom is 0.319 e. The zero-order chi connectivity index (χ0) is 19.9. The molecule has 0 spiro atoms. The van der Waals surface area contributed by atoms with Crippen LogP contribution in [-0.4, -0.2) is 11.2 Å². The first kappa shape index (κ1) is 18.6. The van der Waals surface area contributed by atoms with Crippen LogP contribution in [0.4, 0.5) is 10.5 Å². The minimum absolute atomic E-state index is 0.245. The Kier molecular flexibility index (Phi) is 5.71. The Morgan fingerprint density at radius 1 is 1.10 bits per heavy atom. The zero-order valence-corrected chi connectivity index (χ0v) is 15.8. The van der Waals surface area contributed by atoms with Gasteiger partial charge >= 0.3 is 6.03 Å². The molecule has 1 aliphatic rings. The van der Waals surface area contributed by atoms with Crippen LogP contribution in [0.3, 0.4) is 0 Å². The molecule has 6 nitrogen and oxygen atoms in total. The van der Waals surface area contributed by atoms with Crippen molar-refractivity contribution in [3.8, 4) is 17.0 Å². The van der Waals surface area contributed by atoms with Crippen LogP contribution >= 0.6 is 0 Å². The Morgan fingerprint density at radius 3 is 2.69 bits per heavy atom. The van der Waals surface area contributed by atoms with Gasteiger partial charge in [0.25, 0.3) is 0 Å². The number of amides is 2. The molecular weight excluding hydrogens is 366 g/mol. The van der Waals surface area contributed by atoms with Gasteiger partial charge in [0.15, 0.2) is 5.76 Å². The summed E-state index contributed by atoms with van der Waals surface area (Å²) in [6.45, 7) is 0.245. The number of urea groups is 1. The maximum absolute atomic E-state index is 12.1. The maximum atomic E-state index is 12.1. The summed E-state index contributed by atoms with van der Waals surface area (Å²) in [6, 6.07) is 18.5. The van der Waals surface area contributed by atoms with Crippen LogP contribution in [0.2, 0.25) is 0 Å². The molecule has 0 aliphatic heterocycles. The van der Waals surface area contributed by atoms with Crippen molar-refractivity contribution in [3.05, 3.63) is 90.4 Å². The fourth-order valence-electron chi connectivity index (χ4n) is 2.91. The first-order valence-corrected chi connectivity index (χ1v) is 9.46. The molecule has 1 aliphatic carbocycles. The van der Waals surface area contributed by atoms with E-state index >= 15 is 0 Å². The van der Waals surface area contributed by atoms with E-state index in [9.17, 15) is 4.79 Å². The number of benzene rings is 2. The quantitative estimate of drug-likeness (QED) is 0.604. The largest absolute Gasteiger partial charge is 0.462 e. The number of aromatic nitrogens is 1. The Labute approximate surface area is 168 Å². The molecule has 0 saturated heterocycles. The summed E-state index contributed by atoms with van der Waals surface area (Å²) in [4.78, 5) is 12.1. The molecule has 0 radical (unpaired) electrons. The van der Waals surface area contributed by atoms with Crippen molar-refractivity contribution in [1.29, 1.82) is 0 Å². The van der Waals surface area contributed by atoms with Crippen molar-refractivity contribution in [3.63, 3.8) is 0 Å². The molecule has 0 unspecified atom stereocenters. The Hall–Kier alpha value is -3.80. The van der Waals surface area contributed by atoms with Crippen LogP contribution < -0.4 is 15.4 Å². The molecule has 0 bridgehead atoms. The minimum Gasteiger partial charge on any atom is -0.462 e. The highest BCUT2D eigenvalue weighted by atomic mass is 16.5. The van der Waals surface area contributed by atoms with Crippen molar-refractivity contribution in [2.75, 3.05) is 5.32 Å². The summed E-state index contributed by atoms with van der Waals surface area (Å²) in [7, 11) is 0. The second-order valence-electron chi connectivity index (χ2n) is 6.58. The smallest absolute Gasteiger partial charge is 0.319 e. The Morgan fingerprint density at radius 2 is 1.93 bits per heavy atom. The van der Waals surface area contributed by atoms with Crippen molar-refractivity contribution in [2.24, 2.45) is 0 Å². The van der Waals surface area contributed by atoms with Crippen LogP contribution in [0.15, 0.2) is 89.2 Å². The van der Waals surface area contributed by atoms with Gasteiger partial charge in [-0.2, -0.15) is 0 Å². The van der Waals surface area contributed by atoms with Crippen LogP contribution in [-0.2, 0) is 6.54 Å². The molecule has 6 heteroatoms. The Bertz CT molecular complexity index is 1020. The predicted molar refractivity (Wildman–Crippen MR) is 111 cm³/mol. The summed E-state index contributed by atoms with van der Waals surface area (Å²) in [5.41, 5.74) is 2.38. The summed E-state index contributed by atoms with van der Waals surface area (Å²) < 4.78 is 11.1. The molecule has 1 heterocycles. The third-order valence-corrected chi connectivity index (χ3v) is 4.39. The van der Waals surface area contributed by atoms with Crippen LogP contribution in [0.5, 0.6) is 5.75 Å². The molecule has 0 fully saturated rings. The van der Waals surface area contributed by atoms with Gasteiger partial charge < -0.3 is 19.9 Å². The Balaban J connectivity index is 1.27. The van der Waals surface area contributed by atoms with E-state index in [0.717, 1.165) is 35.6 Å². The third kappa shape index (κ3) is 5.13. The highest BCUT2D eigenvalue weighted by molar-refractivity contribution is 5.89. The number of nitrogens with one attached hydrogen (secondary N) is 2. The molecule has 4 rings (SSSR count). The number of ether oxygens (including phenoxy) is 1. The molecule has 1 aromatic heterocycles. The predicted octanol–water partition coefficient (Wildman–Crippen LogP) is 5.28. The fourth-order valence-corrected chi connectivity index (χ4v) is 2.91. The van der Waals surface area contributed by atoms with Gasteiger partial charge in [-0.05, 0) is 36.8 Å². The number of carbonyl (C=O) groups excluding carboxylic acids is 1. The second-order valence-corrected chi connectivity index (χ2v) is 6.58. The lowest BCUT2D eigenvalue weighted by Crippen LogP contribution is -2.27. The third-order valence-electron chi connectivity index (χ3n) is 4.39. The molecule has 146 valence electrons. The zero-order valence-electron chi connectivity index (χ0n) is 15.8. The highest BCUT2D eigenvalue weighted by Gasteiger charge is 2.09. The highest BCUT2D eigenvalue weighted by Crippen LogP contribution is 2.21. The normalized spacial score (nSPS) is 12.9. The van der Waals surface area contributed by atoms with Gasteiger partial charge in [-0.15, -0.1) is 0 Å². The molecule has 0 saturated carbocycles. The summed E-state index contributed by atoms with van der Waals surface area (Å²) in [5.74, 6) is 2.26. The van der Waals surface area contributed by atoms with Gasteiger partial charge in [0.05, 0.1) is 6.54 Å². The second kappa shape index (κ2) is 8.93. The van der Waals surface area contributed by atoms with Gasteiger partial charge in [0.2, 0.25) is 0 Å². The lowest BCUT2D eigenvalue weighted by molar-refractivity contribution is 0.250. The van der Waals surface area contributed by atoms with E-state index in [-0.39, 0.29) is 12.6 Å². The molecule has 2 amide bonds. The van der Waals surface area contributed by atoms with Crippen LogP contribution in [0.25, 0.3) is 11.3 Å². The van der Waals surface area contributed by atoms with E-state index in [1.807, 2.05) is 60.7 Å². The van der Waals surface area contributed by atoms with Crippen molar-refractivity contribution >= 4 is 11.7 Å². The van der Waals surface area contributed by atoms with E-state index in [0.29, 0.717) is 11.4 Å². The number of nitrogens with zero attached hydrogens (tertiary/aromatic N) is 1. The van der Waals surface area contributed by atoms with E-state index in [1.54, 1.807) is 12.1 Å². The number of hydrogen-bond donors (Lipinski definition) is 2. The average molecular weight is 387 g/mol. The monoisotopic (exact) mass is 387 g/mol. The minimum atomic E-state index is -0.323. The molecule has 3 aromatic rings. The van der Waals surface area contributed by atoms with Gasteiger partial charge in [0, 0.05) is 23.7 Å². The number of carbonyl (C=O) groups is 1. The van der Waals surface area contributed by atoms with E-state index < -0.39 is 0 Å². The first-order chi connectivity index (χ1) is 14.3. The van der Waals surface area contributed by atoms with Crippen LogP contribution in [0, 0.1) is 0 Å². The van der Waals surface area contributed by atoms with Crippen molar-refractivity contribution in [2.45, 2.75) is 19.4 Å². The number of anilines is 1. The number of rotatable bonds is 6. The lowest BCUT2D eigenvalue weighted by atomic mass is 10.1. The number of hydrogen-bond acceptors (Lipinski definition) is 4. The molecule has 0 atom stereocenters. The summed E-state index contributed by atoms with van der Waals surface area (Å²) in [5, 5.41) is 9.59. The van der Waals surface area contributed by atoms with E-state index in [4.69, 9.17) is 9.26 Å². The van der Waals surface area contributed by atoms with Crippen LogP contribution in [0.1, 0.15) is 18.6 Å². The number of allylic oxidation sites excluding steroid dienone is 4. The van der Waals surface area contributed by atoms with Gasteiger partial charge in [-0.1, -0.05) is 47.6 Å². The van der Waals surface area contributed by atoms with Gasteiger partial charge in [-0.25, -0.2) is 4.79 Å². The van der Waals surface area contributed by atoms with E-state index in [1.165, 1.54) is 0 Å². The summed E-state index contributed by atoms with van der Waals surface area (Å²) in [6.07, 6.45) is 7.96.